The van der Waals surface area contributed by atoms with Gasteiger partial charge in [-0.25, -0.2) is 0 Å². The first-order valence-corrected chi connectivity index (χ1v) is 8.52. The third-order valence-electron chi connectivity index (χ3n) is 4.25. The second-order valence-electron chi connectivity index (χ2n) is 5.74. The van der Waals surface area contributed by atoms with E-state index in [2.05, 4.69) is 4.57 Å². The van der Waals surface area contributed by atoms with Crippen molar-refractivity contribution >= 4 is 28.5 Å². The number of carbonyl (C=O) groups excluding carboxylic acids is 1. The molecule has 0 spiro atoms. The molecule has 4 nitrogen and oxygen atoms in total. The van der Waals surface area contributed by atoms with Gasteiger partial charge < -0.3 is 14.0 Å². The second-order valence-corrected chi connectivity index (χ2v) is 6.18. The van der Waals surface area contributed by atoms with E-state index in [1.165, 1.54) is 0 Å². The molecule has 0 unspecified atom stereocenters. The van der Waals surface area contributed by atoms with Gasteiger partial charge in [-0.15, -0.1) is 0 Å². The van der Waals surface area contributed by atoms with E-state index in [1.54, 1.807) is 7.11 Å². The highest BCUT2D eigenvalue weighted by Crippen LogP contribution is 2.32. The van der Waals surface area contributed by atoms with Gasteiger partial charge in [0.05, 0.1) is 25.7 Å². The molecule has 1 heterocycles. The van der Waals surface area contributed by atoms with E-state index in [1.807, 2.05) is 56.3 Å². The Balaban J connectivity index is 2.21. The van der Waals surface area contributed by atoms with E-state index in [9.17, 15) is 4.79 Å². The molecular formula is C20H20ClNO3. The fourth-order valence-corrected chi connectivity index (χ4v) is 3.22. The Morgan fingerprint density at radius 3 is 2.52 bits per heavy atom. The number of aromatic nitrogens is 1. The summed E-state index contributed by atoms with van der Waals surface area (Å²) in [6.45, 7) is 4.20. The van der Waals surface area contributed by atoms with E-state index in [0.29, 0.717) is 11.6 Å². The molecule has 0 atom stereocenters. The standard InChI is InChI=1S/C20H20ClNO3/c1-4-25-20(23)12-18-13(2)22(15-7-5-14(21)6-8-15)19-11-16(24-3)9-10-17(18)19/h5-11H,4,12H2,1-3H3. The highest BCUT2D eigenvalue weighted by Gasteiger charge is 2.18. The maximum atomic E-state index is 12.0. The molecule has 1 aromatic heterocycles. The zero-order valence-electron chi connectivity index (χ0n) is 14.5. The molecule has 0 saturated heterocycles. The van der Waals surface area contributed by atoms with Gasteiger partial charge in [-0.2, -0.15) is 0 Å². The van der Waals surface area contributed by atoms with Crippen LogP contribution in [0.1, 0.15) is 18.2 Å². The summed E-state index contributed by atoms with van der Waals surface area (Å²) < 4.78 is 12.6. The number of halogens is 1. The molecule has 0 N–H and O–H groups in total. The van der Waals surface area contributed by atoms with Crippen LogP contribution in [0.3, 0.4) is 0 Å². The summed E-state index contributed by atoms with van der Waals surface area (Å²) in [4.78, 5) is 12.0. The molecule has 0 aliphatic rings. The molecule has 130 valence electrons. The van der Waals surface area contributed by atoms with Gasteiger partial charge in [0.2, 0.25) is 0 Å². The van der Waals surface area contributed by atoms with Crippen molar-refractivity contribution in [2.24, 2.45) is 0 Å². The van der Waals surface area contributed by atoms with Gasteiger partial charge in [0.1, 0.15) is 5.75 Å². The van der Waals surface area contributed by atoms with Gasteiger partial charge in [0, 0.05) is 27.9 Å². The smallest absolute Gasteiger partial charge is 0.310 e. The first-order chi connectivity index (χ1) is 12.0. The molecule has 0 amide bonds. The van der Waals surface area contributed by atoms with Crippen LogP contribution in [0.2, 0.25) is 5.02 Å². The summed E-state index contributed by atoms with van der Waals surface area (Å²) in [6.07, 6.45) is 0.239. The van der Waals surface area contributed by atoms with Crippen molar-refractivity contribution in [2.45, 2.75) is 20.3 Å². The number of ether oxygens (including phenoxy) is 2. The lowest BCUT2D eigenvalue weighted by Crippen LogP contribution is -2.08. The number of benzene rings is 2. The summed E-state index contributed by atoms with van der Waals surface area (Å²) >= 11 is 6.02. The minimum Gasteiger partial charge on any atom is -0.497 e. The van der Waals surface area contributed by atoms with Gasteiger partial charge in [-0.1, -0.05) is 11.6 Å². The number of esters is 1. The predicted octanol–water partition coefficient (Wildman–Crippen LogP) is 4.71. The summed E-state index contributed by atoms with van der Waals surface area (Å²) in [5.74, 6) is 0.541. The molecule has 0 aliphatic heterocycles. The van der Waals surface area contributed by atoms with Gasteiger partial charge in [0.25, 0.3) is 0 Å². The summed E-state index contributed by atoms with van der Waals surface area (Å²) in [5.41, 5.74) is 3.93. The minimum atomic E-state index is -0.225. The van der Waals surface area contributed by atoms with Crippen LogP contribution in [0.5, 0.6) is 5.75 Å². The molecule has 5 heteroatoms. The highest BCUT2D eigenvalue weighted by atomic mass is 35.5. The van der Waals surface area contributed by atoms with Crippen LogP contribution in [-0.2, 0) is 16.0 Å². The van der Waals surface area contributed by atoms with E-state index in [-0.39, 0.29) is 12.4 Å². The third kappa shape index (κ3) is 3.35. The van der Waals surface area contributed by atoms with Crippen molar-refractivity contribution in [3.63, 3.8) is 0 Å². The maximum Gasteiger partial charge on any atom is 0.310 e. The van der Waals surface area contributed by atoms with Crippen LogP contribution in [0, 0.1) is 6.92 Å². The van der Waals surface area contributed by atoms with Crippen LogP contribution in [0.4, 0.5) is 0 Å². The van der Waals surface area contributed by atoms with Crippen molar-refractivity contribution < 1.29 is 14.3 Å². The van der Waals surface area contributed by atoms with Crippen LogP contribution >= 0.6 is 11.6 Å². The van der Waals surface area contributed by atoms with Gasteiger partial charge in [0.15, 0.2) is 0 Å². The topological polar surface area (TPSA) is 40.5 Å². The van der Waals surface area contributed by atoms with Crippen LogP contribution < -0.4 is 4.74 Å². The Kier molecular flexibility index (Phi) is 5.00. The largest absolute Gasteiger partial charge is 0.497 e. The minimum absolute atomic E-state index is 0.225. The van der Waals surface area contributed by atoms with Crippen LogP contribution in [-0.4, -0.2) is 24.3 Å². The monoisotopic (exact) mass is 357 g/mol. The SMILES string of the molecule is CCOC(=O)Cc1c(C)n(-c2ccc(Cl)cc2)c2cc(OC)ccc12. The number of methoxy groups -OCH3 is 1. The number of rotatable bonds is 5. The molecule has 0 fully saturated rings. The van der Waals surface area contributed by atoms with Crippen molar-refractivity contribution in [2.75, 3.05) is 13.7 Å². The lowest BCUT2D eigenvalue weighted by molar-refractivity contribution is -0.142. The molecule has 0 saturated carbocycles. The van der Waals surface area contributed by atoms with E-state index < -0.39 is 0 Å². The summed E-state index contributed by atoms with van der Waals surface area (Å²) in [5, 5.41) is 1.70. The quantitative estimate of drug-likeness (QED) is 0.621. The molecule has 0 aliphatic carbocycles. The molecule has 0 bridgehead atoms. The van der Waals surface area contributed by atoms with Crippen molar-refractivity contribution in [3.8, 4) is 11.4 Å². The maximum absolute atomic E-state index is 12.0. The number of hydrogen-bond acceptors (Lipinski definition) is 3. The molecule has 0 radical (unpaired) electrons. The number of carbonyl (C=O) groups is 1. The first kappa shape index (κ1) is 17.4. The van der Waals surface area contributed by atoms with Gasteiger partial charge in [-0.3, -0.25) is 4.79 Å². The number of hydrogen-bond donors (Lipinski definition) is 0. The Hall–Kier alpha value is -2.46. The van der Waals surface area contributed by atoms with Crippen LogP contribution in [0.25, 0.3) is 16.6 Å². The first-order valence-electron chi connectivity index (χ1n) is 8.14. The predicted molar refractivity (Wildman–Crippen MR) is 99.9 cm³/mol. The third-order valence-corrected chi connectivity index (χ3v) is 4.51. The van der Waals surface area contributed by atoms with E-state index >= 15 is 0 Å². The van der Waals surface area contributed by atoms with Gasteiger partial charge in [-0.05, 0) is 55.8 Å². The van der Waals surface area contributed by atoms with Crippen LogP contribution in [0.15, 0.2) is 42.5 Å². The zero-order chi connectivity index (χ0) is 18.0. The van der Waals surface area contributed by atoms with E-state index in [0.717, 1.165) is 33.6 Å². The molecule has 25 heavy (non-hydrogen) atoms. The lowest BCUT2D eigenvalue weighted by atomic mass is 10.1. The molecule has 3 rings (SSSR count). The average Bonchev–Trinajstić information content (AvgIpc) is 2.87. The number of fused-ring (bicyclic) bond motifs is 1. The lowest BCUT2D eigenvalue weighted by Gasteiger charge is -2.10. The van der Waals surface area contributed by atoms with E-state index in [4.69, 9.17) is 21.1 Å². The van der Waals surface area contributed by atoms with Crippen molar-refractivity contribution in [1.82, 2.24) is 4.57 Å². The normalized spacial score (nSPS) is 10.9. The highest BCUT2D eigenvalue weighted by molar-refractivity contribution is 6.30. The Morgan fingerprint density at radius 1 is 1.16 bits per heavy atom. The molecular weight excluding hydrogens is 338 g/mol. The summed E-state index contributed by atoms with van der Waals surface area (Å²) in [7, 11) is 1.64. The fraction of sp³-hybridized carbons (Fsp3) is 0.250. The second kappa shape index (κ2) is 7.19. The van der Waals surface area contributed by atoms with Crippen molar-refractivity contribution in [3.05, 3.63) is 58.7 Å². The zero-order valence-corrected chi connectivity index (χ0v) is 15.3. The fourth-order valence-electron chi connectivity index (χ4n) is 3.09. The van der Waals surface area contributed by atoms with Gasteiger partial charge >= 0.3 is 5.97 Å². The van der Waals surface area contributed by atoms with Crippen molar-refractivity contribution in [1.29, 1.82) is 0 Å². The Bertz CT molecular complexity index is 913. The molecule has 2 aromatic carbocycles. The Labute approximate surface area is 151 Å². The Morgan fingerprint density at radius 2 is 1.88 bits per heavy atom. The number of nitrogens with zero attached hydrogens (tertiary/aromatic N) is 1. The summed E-state index contributed by atoms with van der Waals surface area (Å²) in [6, 6.07) is 13.5. The average molecular weight is 358 g/mol. The molecule has 3 aromatic rings.